The predicted molar refractivity (Wildman–Crippen MR) is 118 cm³/mol. The van der Waals surface area contributed by atoms with Crippen LogP contribution in [0.3, 0.4) is 0 Å². The maximum Gasteiger partial charge on any atom is 0.338 e. The number of ether oxygens (including phenoxy) is 1. The fourth-order valence-corrected chi connectivity index (χ4v) is 4.64. The highest BCUT2D eigenvalue weighted by Crippen LogP contribution is 2.30. The van der Waals surface area contributed by atoms with Gasteiger partial charge < -0.3 is 4.74 Å². The molecule has 0 N–H and O–H groups in total. The van der Waals surface area contributed by atoms with Gasteiger partial charge in [-0.05, 0) is 43.2 Å². The quantitative estimate of drug-likeness (QED) is 0.589. The molecule has 7 heteroatoms. The average molecular weight is 439 g/mol. The number of fused-ring (bicyclic) bond motifs is 1. The molecule has 2 heterocycles. The normalized spacial score (nSPS) is 16.3. The fraction of sp³-hybridized carbons (Fsp3) is 0.174. The summed E-state index contributed by atoms with van der Waals surface area (Å²) >= 11 is 7.26. The molecule has 30 heavy (non-hydrogen) atoms. The Hall–Kier alpha value is -2.96. The van der Waals surface area contributed by atoms with Gasteiger partial charge in [-0.3, -0.25) is 9.36 Å². The first kappa shape index (κ1) is 20.3. The number of allylic oxidation sites excluding steroid dienone is 1. The van der Waals surface area contributed by atoms with Crippen LogP contribution in [-0.4, -0.2) is 17.6 Å². The van der Waals surface area contributed by atoms with Crippen LogP contribution in [0.5, 0.6) is 0 Å². The van der Waals surface area contributed by atoms with Gasteiger partial charge in [-0.2, -0.15) is 0 Å². The number of esters is 1. The highest BCUT2D eigenvalue weighted by molar-refractivity contribution is 7.07. The van der Waals surface area contributed by atoms with Crippen molar-refractivity contribution in [2.75, 3.05) is 7.11 Å². The number of thiazole rings is 1. The fourth-order valence-electron chi connectivity index (χ4n) is 3.47. The monoisotopic (exact) mass is 438 g/mol. The van der Waals surface area contributed by atoms with Crippen molar-refractivity contribution >= 4 is 35.0 Å². The summed E-state index contributed by atoms with van der Waals surface area (Å²) in [5.41, 5.74) is 3.50. The van der Waals surface area contributed by atoms with Crippen LogP contribution >= 0.6 is 22.9 Å². The zero-order valence-electron chi connectivity index (χ0n) is 16.7. The molecule has 0 radical (unpaired) electrons. The maximum absolute atomic E-state index is 13.4. The maximum atomic E-state index is 13.4. The highest BCUT2D eigenvalue weighted by Gasteiger charge is 2.32. The van der Waals surface area contributed by atoms with E-state index in [4.69, 9.17) is 16.3 Å². The van der Waals surface area contributed by atoms with Crippen LogP contribution in [0.25, 0.3) is 6.08 Å². The number of halogens is 1. The van der Waals surface area contributed by atoms with E-state index in [1.807, 2.05) is 49.4 Å². The number of nitrogens with zero attached hydrogens (tertiary/aromatic N) is 2. The van der Waals surface area contributed by atoms with E-state index in [0.29, 0.717) is 25.6 Å². The molecule has 4 rings (SSSR count). The lowest BCUT2D eigenvalue weighted by atomic mass is 9.95. The third-order valence-corrected chi connectivity index (χ3v) is 6.22. The van der Waals surface area contributed by atoms with E-state index < -0.39 is 12.0 Å². The summed E-state index contributed by atoms with van der Waals surface area (Å²) in [6.45, 7) is 3.76. The summed E-state index contributed by atoms with van der Waals surface area (Å²) in [7, 11) is 1.33. The second kappa shape index (κ2) is 8.05. The van der Waals surface area contributed by atoms with Crippen molar-refractivity contribution in [3.8, 4) is 0 Å². The number of hydrogen-bond acceptors (Lipinski definition) is 5. The molecule has 0 saturated carbocycles. The minimum Gasteiger partial charge on any atom is -0.466 e. The molecule has 1 atom stereocenters. The standard InChI is InChI=1S/C23H19ClN2O3S/c1-13-4-8-16(9-5-13)20-19(22(28)29-3)14(2)25-23-26(20)21(27)18(30-23)12-15-6-10-17(24)11-7-15/h4-12,20H,1-3H3/b18-12+. The molecule has 0 amide bonds. The van der Waals surface area contributed by atoms with Gasteiger partial charge in [0, 0.05) is 5.02 Å². The predicted octanol–water partition coefficient (Wildman–Crippen LogP) is 3.37. The van der Waals surface area contributed by atoms with Crippen LogP contribution < -0.4 is 14.9 Å². The highest BCUT2D eigenvalue weighted by atomic mass is 35.5. The van der Waals surface area contributed by atoms with E-state index in [9.17, 15) is 9.59 Å². The lowest BCUT2D eigenvalue weighted by molar-refractivity contribution is -0.136. The summed E-state index contributed by atoms with van der Waals surface area (Å²) in [5.74, 6) is -0.492. The second-order valence-electron chi connectivity index (χ2n) is 7.04. The number of methoxy groups -OCH3 is 1. The van der Waals surface area contributed by atoms with Gasteiger partial charge in [-0.25, -0.2) is 9.79 Å². The number of hydrogen-bond donors (Lipinski definition) is 0. The number of aromatic nitrogens is 1. The molecule has 1 aliphatic rings. The van der Waals surface area contributed by atoms with Crippen molar-refractivity contribution in [1.29, 1.82) is 0 Å². The summed E-state index contributed by atoms with van der Waals surface area (Å²) in [4.78, 5) is 31.1. The topological polar surface area (TPSA) is 60.7 Å². The van der Waals surface area contributed by atoms with Gasteiger partial charge in [0.2, 0.25) is 0 Å². The van der Waals surface area contributed by atoms with E-state index in [0.717, 1.165) is 16.7 Å². The Morgan fingerprint density at radius 3 is 2.43 bits per heavy atom. The van der Waals surface area contributed by atoms with Gasteiger partial charge in [0.05, 0.1) is 29.0 Å². The molecular formula is C23H19ClN2O3S. The van der Waals surface area contributed by atoms with Crippen LogP contribution in [0.4, 0.5) is 0 Å². The van der Waals surface area contributed by atoms with Gasteiger partial charge in [0.1, 0.15) is 0 Å². The van der Waals surface area contributed by atoms with Gasteiger partial charge in [0.25, 0.3) is 5.56 Å². The summed E-state index contributed by atoms with van der Waals surface area (Å²) in [6, 6.07) is 14.4. The summed E-state index contributed by atoms with van der Waals surface area (Å²) in [6.07, 6.45) is 1.81. The Labute approximate surface area is 182 Å². The third-order valence-electron chi connectivity index (χ3n) is 4.99. The molecular weight excluding hydrogens is 420 g/mol. The molecule has 0 bridgehead atoms. The minimum atomic E-state index is -0.596. The SMILES string of the molecule is COC(=O)C1=C(C)N=c2s/c(=C/c3ccc(Cl)cc3)c(=O)n2C1c1ccc(C)cc1. The lowest BCUT2D eigenvalue weighted by Gasteiger charge is -2.24. The summed E-state index contributed by atoms with van der Waals surface area (Å²) < 4.78 is 7.13. The van der Waals surface area contributed by atoms with Crippen LogP contribution in [0, 0.1) is 6.92 Å². The first-order valence-corrected chi connectivity index (χ1v) is 10.5. The number of rotatable bonds is 3. The van der Waals surface area contributed by atoms with Crippen molar-refractivity contribution in [3.63, 3.8) is 0 Å². The molecule has 0 spiro atoms. The zero-order valence-corrected chi connectivity index (χ0v) is 18.3. The molecule has 1 aliphatic heterocycles. The number of benzene rings is 2. The van der Waals surface area contributed by atoms with Crippen molar-refractivity contribution < 1.29 is 9.53 Å². The third kappa shape index (κ3) is 3.64. The average Bonchev–Trinajstić information content (AvgIpc) is 3.03. The molecule has 0 fully saturated rings. The number of carbonyl (C=O) groups excluding carboxylic acids is 1. The van der Waals surface area contributed by atoms with E-state index in [-0.39, 0.29) is 5.56 Å². The Balaban J connectivity index is 1.96. The Bertz CT molecular complexity index is 1330. The van der Waals surface area contributed by atoms with E-state index in [2.05, 4.69) is 4.99 Å². The Morgan fingerprint density at radius 2 is 1.80 bits per heavy atom. The Morgan fingerprint density at radius 1 is 1.13 bits per heavy atom. The van der Waals surface area contributed by atoms with E-state index in [1.54, 1.807) is 23.6 Å². The van der Waals surface area contributed by atoms with Crippen molar-refractivity contribution in [1.82, 2.24) is 4.57 Å². The molecule has 0 saturated heterocycles. The molecule has 1 unspecified atom stereocenters. The van der Waals surface area contributed by atoms with E-state index in [1.165, 1.54) is 18.4 Å². The van der Waals surface area contributed by atoms with E-state index >= 15 is 0 Å². The van der Waals surface area contributed by atoms with Crippen LogP contribution in [0.2, 0.25) is 5.02 Å². The second-order valence-corrected chi connectivity index (χ2v) is 8.48. The van der Waals surface area contributed by atoms with Crippen molar-refractivity contribution in [2.45, 2.75) is 19.9 Å². The molecule has 0 aliphatic carbocycles. The van der Waals surface area contributed by atoms with Crippen molar-refractivity contribution in [3.05, 3.63) is 101 Å². The Kier molecular flexibility index (Phi) is 5.45. The van der Waals surface area contributed by atoms with Crippen molar-refractivity contribution in [2.24, 2.45) is 4.99 Å². The van der Waals surface area contributed by atoms with Gasteiger partial charge in [0.15, 0.2) is 4.80 Å². The largest absolute Gasteiger partial charge is 0.466 e. The van der Waals surface area contributed by atoms with Gasteiger partial charge in [-0.1, -0.05) is 64.9 Å². The van der Waals surface area contributed by atoms with Crippen LogP contribution in [-0.2, 0) is 9.53 Å². The molecule has 3 aromatic rings. The van der Waals surface area contributed by atoms with Crippen LogP contribution in [0.1, 0.15) is 29.7 Å². The molecule has 152 valence electrons. The molecule has 2 aromatic carbocycles. The lowest BCUT2D eigenvalue weighted by Crippen LogP contribution is -2.39. The minimum absolute atomic E-state index is 0.201. The molecule has 1 aromatic heterocycles. The zero-order chi connectivity index (χ0) is 21.4. The molecule has 5 nitrogen and oxygen atoms in total. The summed E-state index contributed by atoms with van der Waals surface area (Å²) in [5, 5.41) is 0.631. The number of carbonyl (C=O) groups is 1. The first-order valence-electron chi connectivity index (χ1n) is 9.32. The smallest absolute Gasteiger partial charge is 0.338 e. The first-order chi connectivity index (χ1) is 14.4. The van der Waals surface area contributed by atoms with Gasteiger partial charge >= 0.3 is 5.97 Å². The number of aryl methyl sites for hydroxylation is 1. The van der Waals surface area contributed by atoms with Crippen LogP contribution in [0.15, 0.2) is 69.6 Å². The van der Waals surface area contributed by atoms with Gasteiger partial charge in [-0.15, -0.1) is 0 Å².